The van der Waals surface area contributed by atoms with Crippen LogP contribution < -0.4 is 10.6 Å². The van der Waals surface area contributed by atoms with Gasteiger partial charge in [0.1, 0.15) is 11.6 Å². The summed E-state index contributed by atoms with van der Waals surface area (Å²) >= 11 is 1.52. The van der Waals surface area contributed by atoms with Crippen LogP contribution in [0.4, 0.5) is 11.4 Å². The van der Waals surface area contributed by atoms with Crippen molar-refractivity contribution < 1.29 is 9.90 Å². The molecule has 0 saturated carbocycles. The maximum atomic E-state index is 11.0. The number of hydrogen-bond acceptors (Lipinski definition) is 5. The zero-order valence-electron chi connectivity index (χ0n) is 10.5. The highest BCUT2D eigenvalue weighted by Crippen LogP contribution is 2.24. The molecule has 1 aromatic carbocycles. The average Bonchev–Trinajstić information content (AvgIpc) is 2.74. The number of carboxylic acids is 1. The van der Waals surface area contributed by atoms with Gasteiger partial charge in [0, 0.05) is 11.1 Å². The zero-order valence-corrected chi connectivity index (χ0v) is 11.4. The van der Waals surface area contributed by atoms with E-state index in [0.717, 1.165) is 16.4 Å². The molecule has 100 valence electrons. The smallest absolute Gasteiger partial charge is 0.323 e. The van der Waals surface area contributed by atoms with Crippen LogP contribution in [-0.4, -0.2) is 22.6 Å². The maximum Gasteiger partial charge on any atom is 0.323 e. The molecular weight excluding hydrogens is 262 g/mol. The van der Waals surface area contributed by atoms with E-state index in [1.54, 1.807) is 11.0 Å². The molecule has 5 nitrogen and oxygen atoms in total. The van der Waals surface area contributed by atoms with Crippen molar-refractivity contribution in [2.24, 2.45) is 0 Å². The number of carboxylic acid groups (broad SMARTS) is 1. The molecule has 0 aliphatic carbocycles. The molecule has 19 heavy (non-hydrogen) atoms. The van der Waals surface area contributed by atoms with Crippen molar-refractivity contribution in [3.8, 4) is 0 Å². The molecule has 0 aliphatic rings. The lowest BCUT2D eigenvalue weighted by Crippen LogP contribution is -2.29. The summed E-state index contributed by atoms with van der Waals surface area (Å²) in [6, 6.07) is 7.25. The third-order valence-electron chi connectivity index (χ3n) is 2.60. The first-order valence-corrected chi connectivity index (χ1v) is 6.66. The van der Waals surface area contributed by atoms with Crippen LogP contribution in [0.5, 0.6) is 0 Å². The molecule has 1 heterocycles. The number of aliphatic carboxylic acids is 1. The highest BCUT2D eigenvalue weighted by atomic mass is 32.1. The summed E-state index contributed by atoms with van der Waals surface area (Å²) in [5, 5.41) is 11.8. The van der Waals surface area contributed by atoms with Crippen molar-refractivity contribution in [1.29, 1.82) is 0 Å². The minimum Gasteiger partial charge on any atom is -0.480 e. The predicted octanol–water partition coefficient (Wildman–Crippen LogP) is 2.12. The van der Waals surface area contributed by atoms with Gasteiger partial charge in [0.15, 0.2) is 0 Å². The molecule has 0 bridgehead atoms. The Balaban J connectivity index is 2.26. The second-order valence-electron chi connectivity index (χ2n) is 4.19. The zero-order chi connectivity index (χ0) is 13.8. The first kappa shape index (κ1) is 13.4. The number of para-hydroxylation sites is 2. The third-order valence-corrected chi connectivity index (χ3v) is 3.55. The van der Waals surface area contributed by atoms with Gasteiger partial charge in [-0.15, -0.1) is 11.3 Å². The summed E-state index contributed by atoms with van der Waals surface area (Å²) in [5.74, 6) is -0.892. The Morgan fingerprint density at radius 3 is 2.79 bits per heavy atom. The Morgan fingerprint density at radius 1 is 1.47 bits per heavy atom. The average molecular weight is 277 g/mol. The number of carbonyl (C=O) groups is 1. The largest absolute Gasteiger partial charge is 0.480 e. The lowest BCUT2D eigenvalue weighted by atomic mass is 10.2. The number of aryl methyl sites for hydroxylation is 1. The van der Waals surface area contributed by atoms with E-state index in [9.17, 15) is 4.79 Å². The Labute approximate surface area is 115 Å². The molecule has 0 spiro atoms. The second-order valence-corrected chi connectivity index (χ2v) is 5.13. The number of rotatable bonds is 5. The number of nitrogens with two attached hydrogens (primary N) is 1. The summed E-state index contributed by atoms with van der Waals surface area (Å²) < 4.78 is 0. The molecule has 2 aromatic rings. The van der Waals surface area contributed by atoms with E-state index in [4.69, 9.17) is 10.8 Å². The van der Waals surface area contributed by atoms with E-state index < -0.39 is 5.97 Å². The first-order valence-electron chi connectivity index (χ1n) is 5.78. The van der Waals surface area contributed by atoms with E-state index in [1.165, 1.54) is 11.3 Å². The molecule has 0 fully saturated rings. The Hall–Kier alpha value is -2.08. The molecule has 0 radical (unpaired) electrons. The Bertz CT molecular complexity index is 583. The van der Waals surface area contributed by atoms with Crippen LogP contribution in [0, 0.1) is 6.92 Å². The van der Waals surface area contributed by atoms with Gasteiger partial charge in [0.25, 0.3) is 0 Å². The van der Waals surface area contributed by atoms with Gasteiger partial charge in [-0.2, -0.15) is 0 Å². The van der Waals surface area contributed by atoms with Gasteiger partial charge in [-0.3, -0.25) is 4.79 Å². The molecule has 6 heteroatoms. The molecule has 1 aromatic heterocycles. The number of hydrogen-bond donors (Lipinski definition) is 2. The van der Waals surface area contributed by atoms with E-state index in [1.807, 2.05) is 30.5 Å². The van der Waals surface area contributed by atoms with Crippen LogP contribution in [-0.2, 0) is 11.3 Å². The van der Waals surface area contributed by atoms with Gasteiger partial charge < -0.3 is 15.7 Å². The number of benzene rings is 1. The van der Waals surface area contributed by atoms with Gasteiger partial charge in [-0.1, -0.05) is 12.1 Å². The quantitative estimate of drug-likeness (QED) is 0.818. The first-order chi connectivity index (χ1) is 9.06. The fraction of sp³-hybridized carbons (Fsp3) is 0.231. The topological polar surface area (TPSA) is 79.5 Å². The fourth-order valence-corrected chi connectivity index (χ4v) is 2.59. The van der Waals surface area contributed by atoms with Crippen molar-refractivity contribution in [3.05, 3.63) is 40.3 Å². The summed E-state index contributed by atoms with van der Waals surface area (Å²) in [7, 11) is 0. The van der Waals surface area contributed by atoms with Crippen LogP contribution in [0.25, 0.3) is 0 Å². The highest BCUT2D eigenvalue weighted by Gasteiger charge is 2.15. The summed E-state index contributed by atoms with van der Waals surface area (Å²) in [5.41, 5.74) is 8.13. The number of nitrogens with zero attached hydrogens (tertiary/aromatic N) is 2. The summed E-state index contributed by atoms with van der Waals surface area (Å²) in [6.45, 7) is 2.25. The maximum absolute atomic E-state index is 11.0. The van der Waals surface area contributed by atoms with Crippen LogP contribution in [0.2, 0.25) is 0 Å². The minimum absolute atomic E-state index is 0.104. The van der Waals surface area contributed by atoms with Gasteiger partial charge in [0.05, 0.1) is 17.9 Å². The number of thiazole rings is 1. The Morgan fingerprint density at radius 2 is 2.21 bits per heavy atom. The molecule has 3 N–H and O–H groups in total. The molecule has 2 rings (SSSR count). The SMILES string of the molecule is Cc1csc(CN(CC(=O)O)c2ccccc2N)n1. The summed E-state index contributed by atoms with van der Waals surface area (Å²) in [6.07, 6.45) is 0. The van der Waals surface area contributed by atoms with Crippen molar-refractivity contribution in [2.75, 3.05) is 17.2 Å². The fourth-order valence-electron chi connectivity index (χ4n) is 1.80. The standard InChI is InChI=1S/C13H15N3O2S/c1-9-8-19-12(15-9)6-16(7-13(17)18)11-5-3-2-4-10(11)14/h2-5,8H,6-7,14H2,1H3,(H,17,18). The van der Waals surface area contributed by atoms with Crippen LogP contribution in [0.15, 0.2) is 29.6 Å². The normalized spacial score (nSPS) is 10.4. The summed E-state index contributed by atoms with van der Waals surface area (Å²) in [4.78, 5) is 17.1. The minimum atomic E-state index is -0.892. The van der Waals surface area contributed by atoms with Gasteiger partial charge >= 0.3 is 5.97 Å². The Kier molecular flexibility index (Phi) is 4.01. The number of anilines is 2. The molecular formula is C13H15N3O2S. The third kappa shape index (κ3) is 3.45. The van der Waals surface area contributed by atoms with Crippen molar-refractivity contribution in [1.82, 2.24) is 4.98 Å². The second kappa shape index (κ2) is 5.71. The van der Waals surface area contributed by atoms with Crippen LogP contribution in [0.1, 0.15) is 10.7 Å². The van der Waals surface area contributed by atoms with E-state index in [2.05, 4.69) is 4.98 Å². The highest BCUT2D eigenvalue weighted by molar-refractivity contribution is 7.09. The van der Waals surface area contributed by atoms with Gasteiger partial charge in [-0.25, -0.2) is 4.98 Å². The molecule has 0 unspecified atom stereocenters. The van der Waals surface area contributed by atoms with Gasteiger partial charge in [-0.05, 0) is 19.1 Å². The molecule has 0 aliphatic heterocycles. The predicted molar refractivity (Wildman–Crippen MR) is 76.4 cm³/mol. The van der Waals surface area contributed by atoms with Crippen molar-refractivity contribution >= 4 is 28.7 Å². The number of nitrogen functional groups attached to an aromatic ring is 1. The van der Waals surface area contributed by atoms with Crippen molar-refractivity contribution in [2.45, 2.75) is 13.5 Å². The van der Waals surface area contributed by atoms with Crippen molar-refractivity contribution in [3.63, 3.8) is 0 Å². The van der Waals surface area contributed by atoms with Crippen LogP contribution >= 0.6 is 11.3 Å². The molecule has 0 atom stereocenters. The van der Waals surface area contributed by atoms with E-state index in [-0.39, 0.29) is 6.54 Å². The lowest BCUT2D eigenvalue weighted by molar-refractivity contribution is -0.135. The van der Waals surface area contributed by atoms with E-state index >= 15 is 0 Å². The van der Waals surface area contributed by atoms with E-state index in [0.29, 0.717) is 12.2 Å². The molecule has 0 saturated heterocycles. The van der Waals surface area contributed by atoms with Gasteiger partial charge in [0.2, 0.25) is 0 Å². The lowest BCUT2D eigenvalue weighted by Gasteiger charge is -2.23. The monoisotopic (exact) mass is 277 g/mol. The van der Waals surface area contributed by atoms with Crippen LogP contribution in [0.3, 0.4) is 0 Å². The number of aromatic nitrogens is 1. The molecule has 0 amide bonds.